The summed E-state index contributed by atoms with van der Waals surface area (Å²) in [5.41, 5.74) is 1.08. The highest BCUT2D eigenvalue weighted by molar-refractivity contribution is 7.08. The Morgan fingerprint density at radius 3 is 2.55 bits per heavy atom. The van der Waals surface area contributed by atoms with Gasteiger partial charge in [0.05, 0.1) is 11.3 Å². The van der Waals surface area contributed by atoms with Crippen molar-refractivity contribution in [3.8, 4) is 11.3 Å². The molecule has 0 unspecified atom stereocenters. The number of amides is 1. The van der Waals surface area contributed by atoms with Gasteiger partial charge in [0.2, 0.25) is 5.95 Å². The second kappa shape index (κ2) is 7.82. The molecule has 9 heteroatoms. The first kappa shape index (κ1) is 19.4. The predicted molar refractivity (Wildman–Crippen MR) is 105 cm³/mol. The number of hydrogen-bond acceptors (Lipinski definition) is 5. The molecule has 0 saturated carbocycles. The Kier molecular flexibility index (Phi) is 5.23. The van der Waals surface area contributed by atoms with Crippen LogP contribution in [0.25, 0.3) is 11.3 Å². The number of thiophene rings is 1. The summed E-state index contributed by atoms with van der Waals surface area (Å²) in [7, 11) is 0. The lowest BCUT2D eigenvalue weighted by atomic mass is 10.1. The summed E-state index contributed by atoms with van der Waals surface area (Å²) in [6.07, 6.45) is -2.77. The SMILES string of the molecule is O=C(c1cccc(C(F)(F)F)c1)N1CCN(c2nccc(-c3ccsc3)n2)CC1. The largest absolute Gasteiger partial charge is 0.416 e. The van der Waals surface area contributed by atoms with Crippen LogP contribution in [0.3, 0.4) is 0 Å². The van der Waals surface area contributed by atoms with Gasteiger partial charge in [0.1, 0.15) is 0 Å². The number of aromatic nitrogens is 2. The highest BCUT2D eigenvalue weighted by Gasteiger charge is 2.32. The molecule has 0 aliphatic carbocycles. The predicted octanol–water partition coefficient (Wildman–Crippen LogP) is 4.19. The van der Waals surface area contributed by atoms with E-state index in [4.69, 9.17) is 0 Å². The van der Waals surface area contributed by atoms with Crippen LogP contribution in [0.5, 0.6) is 0 Å². The van der Waals surface area contributed by atoms with Gasteiger partial charge in [0.25, 0.3) is 5.91 Å². The number of hydrogen-bond donors (Lipinski definition) is 0. The number of alkyl halides is 3. The molecule has 1 aliphatic heterocycles. The Bertz CT molecular complexity index is 999. The third-order valence-electron chi connectivity index (χ3n) is 4.75. The van der Waals surface area contributed by atoms with Crippen LogP contribution in [0, 0.1) is 0 Å². The number of carbonyl (C=O) groups excluding carboxylic acids is 1. The molecule has 1 fully saturated rings. The van der Waals surface area contributed by atoms with Crippen LogP contribution in [0.4, 0.5) is 19.1 Å². The van der Waals surface area contributed by atoms with Crippen LogP contribution in [0.1, 0.15) is 15.9 Å². The Balaban J connectivity index is 1.44. The summed E-state index contributed by atoms with van der Waals surface area (Å²) in [5.74, 6) is 0.184. The highest BCUT2D eigenvalue weighted by Crippen LogP contribution is 2.30. The number of rotatable bonds is 3. The van der Waals surface area contributed by atoms with Crippen molar-refractivity contribution in [3.05, 3.63) is 64.5 Å². The standard InChI is InChI=1S/C20H17F3N4OS/c21-20(22,23)16-3-1-2-14(12-16)18(28)26-7-9-27(10-8-26)19-24-6-4-17(25-19)15-5-11-29-13-15/h1-6,11-13H,7-10H2. The minimum Gasteiger partial charge on any atom is -0.337 e. The van der Waals surface area contributed by atoms with E-state index < -0.39 is 17.6 Å². The van der Waals surface area contributed by atoms with E-state index in [2.05, 4.69) is 9.97 Å². The highest BCUT2D eigenvalue weighted by atomic mass is 32.1. The second-order valence-corrected chi connectivity index (χ2v) is 7.39. The average molecular weight is 418 g/mol. The number of nitrogens with zero attached hydrogens (tertiary/aromatic N) is 4. The normalized spacial score (nSPS) is 14.9. The van der Waals surface area contributed by atoms with E-state index in [1.54, 1.807) is 22.4 Å². The van der Waals surface area contributed by atoms with Crippen molar-refractivity contribution < 1.29 is 18.0 Å². The first-order chi connectivity index (χ1) is 13.9. The molecule has 150 valence electrons. The number of anilines is 1. The van der Waals surface area contributed by atoms with Crippen LogP contribution in [-0.4, -0.2) is 47.0 Å². The van der Waals surface area contributed by atoms with Crippen LogP contribution in [0.15, 0.2) is 53.4 Å². The summed E-state index contributed by atoms with van der Waals surface area (Å²) in [6.45, 7) is 1.80. The van der Waals surface area contributed by atoms with Crippen molar-refractivity contribution in [1.82, 2.24) is 14.9 Å². The zero-order valence-electron chi connectivity index (χ0n) is 15.3. The summed E-state index contributed by atoms with van der Waals surface area (Å²) in [6, 6.07) is 8.38. The van der Waals surface area contributed by atoms with E-state index in [1.807, 2.05) is 27.8 Å². The van der Waals surface area contributed by atoms with Crippen LogP contribution >= 0.6 is 11.3 Å². The van der Waals surface area contributed by atoms with Crippen LogP contribution in [0.2, 0.25) is 0 Å². The van der Waals surface area contributed by atoms with Crippen molar-refractivity contribution in [1.29, 1.82) is 0 Å². The fourth-order valence-corrected chi connectivity index (χ4v) is 3.84. The van der Waals surface area contributed by atoms with Gasteiger partial charge in [-0.15, -0.1) is 0 Å². The molecular formula is C20H17F3N4OS. The Hall–Kier alpha value is -2.94. The molecule has 1 saturated heterocycles. The Labute approximate surface area is 169 Å². The quantitative estimate of drug-likeness (QED) is 0.640. The van der Waals surface area contributed by atoms with Crippen LogP contribution < -0.4 is 4.90 Å². The third-order valence-corrected chi connectivity index (χ3v) is 5.43. The molecule has 29 heavy (non-hydrogen) atoms. The monoisotopic (exact) mass is 418 g/mol. The number of carbonyl (C=O) groups is 1. The lowest BCUT2D eigenvalue weighted by Crippen LogP contribution is -2.49. The second-order valence-electron chi connectivity index (χ2n) is 6.61. The first-order valence-electron chi connectivity index (χ1n) is 8.99. The Morgan fingerprint density at radius 2 is 1.86 bits per heavy atom. The number of halogens is 3. The van der Waals surface area contributed by atoms with Gasteiger partial charge < -0.3 is 9.80 Å². The molecule has 2 aromatic heterocycles. The molecule has 0 radical (unpaired) electrons. The third kappa shape index (κ3) is 4.24. The summed E-state index contributed by atoms with van der Waals surface area (Å²) < 4.78 is 38.7. The molecular weight excluding hydrogens is 401 g/mol. The number of piperazine rings is 1. The van der Waals surface area contributed by atoms with Crippen molar-refractivity contribution in [3.63, 3.8) is 0 Å². The fourth-order valence-electron chi connectivity index (χ4n) is 3.19. The van der Waals surface area contributed by atoms with Crippen molar-refractivity contribution in [2.24, 2.45) is 0 Å². The molecule has 1 aromatic carbocycles. The van der Waals surface area contributed by atoms with E-state index in [0.29, 0.717) is 32.1 Å². The van der Waals surface area contributed by atoms with Gasteiger partial charge in [-0.25, -0.2) is 9.97 Å². The Morgan fingerprint density at radius 1 is 1.07 bits per heavy atom. The molecule has 4 rings (SSSR count). The van der Waals surface area contributed by atoms with Gasteiger partial charge in [-0.2, -0.15) is 24.5 Å². The molecule has 3 heterocycles. The zero-order chi connectivity index (χ0) is 20.4. The molecule has 0 bridgehead atoms. The number of benzene rings is 1. The van der Waals surface area contributed by atoms with Gasteiger partial charge >= 0.3 is 6.18 Å². The van der Waals surface area contributed by atoms with Gasteiger partial charge in [0, 0.05) is 48.9 Å². The molecule has 0 atom stereocenters. The maximum atomic E-state index is 12.9. The zero-order valence-corrected chi connectivity index (χ0v) is 16.1. The maximum absolute atomic E-state index is 12.9. The van der Waals surface area contributed by atoms with Crippen molar-refractivity contribution >= 4 is 23.2 Å². The smallest absolute Gasteiger partial charge is 0.337 e. The minimum absolute atomic E-state index is 0.0454. The van der Waals surface area contributed by atoms with E-state index in [9.17, 15) is 18.0 Å². The molecule has 0 N–H and O–H groups in total. The average Bonchev–Trinajstić information content (AvgIpc) is 3.28. The summed E-state index contributed by atoms with van der Waals surface area (Å²) in [4.78, 5) is 25.1. The van der Waals surface area contributed by atoms with E-state index in [-0.39, 0.29) is 5.56 Å². The van der Waals surface area contributed by atoms with Gasteiger partial charge in [-0.3, -0.25) is 4.79 Å². The summed E-state index contributed by atoms with van der Waals surface area (Å²) in [5, 5.41) is 3.99. The molecule has 0 spiro atoms. The maximum Gasteiger partial charge on any atom is 0.416 e. The van der Waals surface area contributed by atoms with E-state index >= 15 is 0 Å². The first-order valence-corrected chi connectivity index (χ1v) is 9.93. The molecule has 3 aromatic rings. The topological polar surface area (TPSA) is 49.3 Å². The lowest BCUT2D eigenvalue weighted by molar-refractivity contribution is -0.137. The fraction of sp³-hybridized carbons (Fsp3) is 0.250. The van der Waals surface area contributed by atoms with Crippen LogP contribution in [-0.2, 0) is 6.18 Å². The van der Waals surface area contributed by atoms with E-state index in [1.165, 1.54) is 12.1 Å². The van der Waals surface area contributed by atoms with Gasteiger partial charge in [-0.05, 0) is 35.7 Å². The molecule has 1 aliphatic rings. The van der Waals surface area contributed by atoms with Crippen molar-refractivity contribution in [2.45, 2.75) is 6.18 Å². The lowest BCUT2D eigenvalue weighted by Gasteiger charge is -2.35. The van der Waals surface area contributed by atoms with E-state index in [0.717, 1.165) is 23.4 Å². The summed E-state index contributed by atoms with van der Waals surface area (Å²) >= 11 is 1.59. The van der Waals surface area contributed by atoms with Crippen molar-refractivity contribution in [2.75, 3.05) is 31.1 Å². The molecule has 5 nitrogen and oxygen atoms in total. The minimum atomic E-state index is -4.47. The van der Waals surface area contributed by atoms with Gasteiger partial charge in [-0.1, -0.05) is 6.07 Å². The van der Waals surface area contributed by atoms with Gasteiger partial charge in [0.15, 0.2) is 0 Å². The molecule has 1 amide bonds.